The number of amides is 2. The van der Waals surface area contributed by atoms with Crippen LogP contribution in [0, 0.1) is 13.8 Å². The molecule has 6 heteroatoms. The number of hydrogen-bond acceptors (Lipinski definition) is 3. The van der Waals surface area contributed by atoms with Gasteiger partial charge in [-0.25, -0.2) is 0 Å². The van der Waals surface area contributed by atoms with E-state index in [1.54, 1.807) is 18.2 Å². The highest BCUT2D eigenvalue weighted by atomic mass is 35.5. The average Bonchev–Trinajstić information content (AvgIpc) is 2.66. The highest BCUT2D eigenvalue weighted by molar-refractivity contribution is 6.31. The van der Waals surface area contributed by atoms with Gasteiger partial charge < -0.3 is 10.6 Å². The Morgan fingerprint density at radius 2 is 1.63 bits per heavy atom. The zero-order valence-corrected chi connectivity index (χ0v) is 15.7. The van der Waals surface area contributed by atoms with Crippen LogP contribution in [0.15, 0.2) is 60.8 Å². The number of aromatic nitrogens is 1. The van der Waals surface area contributed by atoms with Crippen LogP contribution in [-0.2, 0) is 0 Å². The van der Waals surface area contributed by atoms with Crippen LogP contribution in [0.5, 0.6) is 0 Å². The van der Waals surface area contributed by atoms with Gasteiger partial charge in [0.25, 0.3) is 11.8 Å². The first-order valence-electron chi connectivity index (χ1n) is 8.34. The highest BCUT2D eigenvalue weighted by Gasteiger charge is 2.13. The van der Waals surface area contributed by atoms with Crippen molar-refractivity contribution in [3.63, 3.8) is 0 Å². The molecule has 136 valence electrons. The third-order valence-corrected chi connectivity index (χ3v) is 4.25. The molecule has 0 radical (unpaired) electrons. The van der Waals surface area contributed by atoms with Crippen molar-refractivity contribution < 1.29 is 9.59 Å². The molecule has 0 saturated carbocycles. The second-order valence-electron chi connectivity index (χ2n) is 6.16. The van der Waals surface area contributed by atoms with E-state index in [0.29, 0.717) is 22.0 Å². The van der Waals surface area contributed by atoms with Gasteiger partial charge in [-0.3, -0.25) is 14.6 Å². The molecule has 0 spiro atoms. The summed E-state index contributed by atoms with van der Waals surface area (Å²) in [5, 5.41) is 6.11. The van der Waals surface area contributed by atoms with Crippen molar-refractivity contribution in [2.45, 2.75) is 13.8 Å². The Bertz CT molecular complexity index is 1000. The van der Waals surface area contributed by atoms with Crippen molar-refractivity contribution >= 4 is 34.8 Å². The van der Waals surface area contributed by atoms with Crippen molar-refractivity contribution in [2.75, 3.05) is 10.6 Å². The molecule has 2 aromatic carbocycles. The minimum atomic E-state index is -0.382. The van der Waals surface area contributed by atoms with Crippen LogP contribution in [0.1, 0.15) is 32.0 Å². The number of aryl methyl sites for hydroxylation is 2. The molecule has 0 fully saturated rings. The van der Waals surface area contributed by atoms with E-state index in [1.807, 2.05) is 44.2 Å². The quantitative estimate of drug-likeness (QED) is 0.680. The molecule has 0 unspecified atom stereocenters. The Labute approximate surface area is 162 Å². The molecule has 1 aromatic heterocycles. The van der Waals surface area contributed by atoms with Crippen LogP contribution in [-0.4, -0.2) is 16.8 Å². The summed E-state index contributed by atoms with van der Waals surface area (Å²) < 4.78 is 0. The molecular weight excluding hydrogens is 362 g/mol. The van der Waals surface area contributed by atoms with Crippen molar-refractivity contribution in [2.24, 2.45) is 0 Å². The molecule has 2 N–H and O–H groups in total. The number of halogens is 1. The molecule has 0 bridgehead atoms. The van der Waals surface area contributed by atoms with E-state index in [4.69, 9.17) is 11.6 Å². The third-order valence-electron chi connectivity index (χ3n) is 4.01. The fourth-order valence-corrected chi connectivity index (χ4v) is 2.62. The average molecular weight is 380 g/mol. The van der Waals surface area contributed by atoms with Gasteiger partial charge in [-0.2, -0.15) is 0 Å². The summed E-state index contributed by atoms with van der Waals surface area (Å²) in [6.45, 7) is 3.84. The van der Waals surface area contributed by atoms with E-state index >= 15 is 0 Å². The molecule has 0 aliphatic heterocycles. The fourth-order valence-electron chi connectivity index (χ4n) is 2.45. The molecule has 27 heavy (non-hydrogen) atoms. The van der Waals surface area contributed by atoms with E-state index in [-0.39, 0.29) is 17.5 Å². The number of carbonyl (C=O) groups excluding carboxylic acids is 2. The number of nitrogens with zero attached hydrogens (tertiary/aromatic N) is 1. The van der Waals surface area contributed by atoms with Gasteiger partial charge in [0.1, 0.15) is 5.69 Å². The first kappa shape index (κ1) is 18.6. The van der Waals surface area contributed by atoms with Crippen LogP contribution < -0.4 is 10.6 Å². The van der Waals surface area contributed by atoms with Gasteiger partial charge in [0, 0.05) is 28.2 Å². The van der Waals surface area contributed by atoms with E-state index < -0.39 is 0 Å². The van der Waals surface area contributed by atoms with Crippen molar-refractivity contribution in [1.29, 1.82) is 0 Å². The molecule has 0 aliphatic rings. The minimum absolute atomic E-state index is 0.158. The SMILES string of the molecule is Cc1ccc(NC(=O)c2cc(C(=O)Nc3cc(Cl)ccc3C)ccn2)cc1. The summed E-state index contributed by atoms with van der Waals surface area (Å²) in [5.74, 6) is -0.723. The maximum atomic E-state index is 12.5. The second kappa shape index (κ2) is 8.01. The van der Waals surface area contributed by atoms with Gasteiger partial charge in [0.05, 0.1) is 0 Å². The van der Waals surface area contributed by atoms with E-state index in [1.165, 1.54) is 12.3 Å². The van der Waals surface area contributed by atoms with Gasteiger partial charge in [0.15, 0.2) is 0 Å². The first-order chi connectivity index (χ1) is 12.9. The Balaban J connectivity index is 1.76. The van der Waals surface area contributed by atoms with Crippen LogP contribution >= 0.6 is 11.6 Å². The standard InChI is InChI=1S/C21H18ClN3O2/c1-13-3-7-17(8-4-13)24-21(27)19-11-15(9-10-23-19)20(26)25-18-12-16(22)6-5-14(18)2/h3-12H,1-2H3,(H,24,27)(H,25,26). The number of hydrogen-bond donors (Lipinski definition) is 2. The van der Waals surface area contributed by atoms with Crippen molar-refractivity contribution in [1.82, 2.24) is 4.98 Å². The van der Waals surface area contributed by atoms with E-state index in [0.717, 1.165) is 11.1 Å². The lowest BCUT2D eigenvalue weighted by atomic mass is 10.1. The largest absolute Gasteiger partial charge is 0.322 e. The third kappa shape index (κ3) is 4.71. The van der Waals surface area contributed by atoms with Crippen LogP contribution in [0.3, 0.4) is 0 Å². The molecule has 0 atom stereocenters. The summed E-state index contributed by atoms with van der Waals surface area (Å²) >= 11 is 5.99. The lowest BCUT2D eigenvalue weighted by Gasteiger charge is -2.10. The topological polar surface area (TPSA) is 71.1 Å². The van der Waals surface area contributed by atoms with Crippen LogP contribution in [0.2, 0.25) is 5.02 Å². The lowest BCUT2D eigenvalue weighted by molar-refractivity contribution is 0.102. The number of anilines is 2. The normalized spacial score (nSPS) is 10.3. The number of pyridine rings is 1. The van der Waals surface area contributed by atoms with Crippen molar-refractivity contribution in [3.05, 3.63) is 88.2 Å². The van der Waals surface area contributed by atoms with E-state index in [9.17, 15) is 9.59 Å². The van der Waals surface area contributed by atoms with Crippen LogP contribution in [0.4, 0.5) is 11.4 Å². The Morgan fingerprint density at radius 3 is 2.37 bits per heavy atom. The molecule has 5 nitrogen and oxygen atoms in total. The molecule has 3 aromatic rings. The maximum Gasteiger partial charge on any atom is 0.274 e. The zero-order valence-electron chi connectivity index (χ0n) is 14.9. The summed E-state index contributed by atoms with van der Waals surface area (Å²) in [7, 11) is 0. The number of rotatable bonds is 4. The lowest BCUT2D eigenvalue weighted by Crippen LogP contribution is -2.17. The Morgan fingerprint density at radius 1 is 0.889 bits per heavy atom. The van der Waals surface area contributed by atoms with E-state index in [2.05, 4.69) is 15.6 Å². The molecule has 3 rings (SSSR count). The maximum absolute atomic E-state index is 12.5. The fraction of sp³-hybridized carbons (Fsp3) is 0.0952. The number of benzene rings is 2. The Kier molecular flexibility index (Phi) is 5.52. The first-order valence-corrected chi connectivity index (χ1v) is 8.72. The molecule has 1 heterocycles. The summed E-state index contributed by atoms with van der Waals surface area (Å²) in [6, 6.07) is 15.7. The Hall–Kier alpha value is -3.18. The number of nitrogens with one attached hydrogen (secondary N) is 2. The predicted molar refractivity (Wildman–Crippen MR) is 108 cm³/mol. The summed E-state index contributed by atoms with van der Waals surface area (Å²) in [4.78, 5) is 29.0. The van der Waals surface area contributed by atoms with Gasteiger partial charge in [-0.15, -0.1) is 0 Å². The van der Waals surface area contributed by atoms with Gasteiger partial charge in [-0.05, 0) is 55.8 Å². The molecule has 0 saturated heterocycles. The summed E-state index contributed by atoms with van der Waals surface area (Å²) in [6.07, 6.45) is 1.43. The summed E-state index contributed by atoms with van der Waals surface area (Å²) in [5.41, 5.74) is 3.76. The second-order valence-corrected chi connectivity index (χ2v) is 6.60. The minimum Gasteiger partial charge on any atom is -0.322 e. The molecular formula is C21H18ClN3O2. The monoisotopic (exact) mass is 379 g/mol. The van der Waals surface area contributed by atoms with Gasteiger partial charge in [0.2, 0.25) is 0 Å². The van der Waals surface area contributed by atoms with Crippen molar-refractivity contribution in [3.8, 4) is 0 Å². The smallest absolute Gasteiger partial charge is 0.274 e. The highest BCUT2D eigenvalue weighted by Crippen LogP contribution is 2.21. The van der Waals surface area contributed by atoms with Crippen LogP contribution in [0.25, 0.3) is 0 Å². The molecule has 0 aliphatic carbocycles. The van der Waals surface area contributed by atoms with Gasteiger partial charge in [-0.1, -0.05) is 35.4 Å². The molecule has 2 amide bonds. The van der Waals surface area contributed by atoms with Gasteiger partial charge >= 0.3 is 0 Å². The number of carbonyl (C=O) groups is 2. The predicted octanol–water partition coefficient (Wildman–Crippen LogP) is 4.86. The zero-order chi connectivity index (χ0) is 19.4.